The van der Waals surface area contributed by atoms with Gasteiger partial charge in [0.1, 0.15) is 17.4 Å². The third-order valence-corrected chi connectivity index (χ3v) is 5.99. The van der Waals surface area contributed by atoms with Gasteiger partial charge in [-0.3, -0.25) is 4.90 Å². The fraction of sp³-hybridized carbons (Fsp3) is 0.316. The molecule has 2 saturated heterocycles. The molecule has 4 atom stereocenters. The Morgan fingerprint density at radius 3 is 2.57 bits per heavy atom. The standard InChI is InChI=1S/C19H15F4N3OS/c20-11-3-1-9(5-12(11)21)18-25-15-6-10(2-4-16(15)28-18)24-17-19(27-17)26-7-13(22)14(23)8-26/h1-6,13-14,17,19,24H,7-8H2/t13-,14+,17?,19?. The molecule has 2 aromatic carbocycles. The second-order valence-corrected chi connectivity index (χ2v) is 7.94. The Bertz CT molecular complexity index is 1040. The van der Waals surface area contributed by atoms with E-state index in [9.17, 15) is 17.6 Å². The molecule has 0 radical (unpaired) electrons. The summed E-state index contributed by atoms with van der Waals surface area (Å²) in [5, 5.41) is 3.77. The zero-order valence-electron chi connectivity index (χ0n) is 14.4. The first kappa shape index (κ1) is 17.8. The predicted octanol–water partition coefficient (Wildman–Crippen LogP) is 4.33. The number of thiazole rings is 1. The molecule has 146 valence electrons. The molecule has 0 bridgehead atoms. The SMILES string of the molecule is Fc1ccc(-c2nc3cc(NC4OC4N4C[C@@H](F)[C@@H](F)C4)ccc3s2)cc1F. The topological polar surface area (TPSA) is 40.7 Å². The Balaban J connectivity index is 1.31. The minimum Gasteiger partial charge on any atom is -0.357 e. The van der Waals surface area contributed by atoms with E-state index in [0.29, 0.717) is 16.1 Å². The third kappa shape index (κ3) is 3.23. The Kier molecular flexibility index (Phi) is 4.26. The normalized spacial score (nSPS) is 27.4. The van der Waals surface area contributed by atoms with Crippen LogP contribution in [0.3, 0.4) is 0 Å². The largest absolute Gasteiger partial charge is 0.357 e. The van der Waals surface area contributed by atoms with Gasteiger partial charge in [0, 0.05) is 24.3 Å². The minimum atomic E-state index is -1.47. The van der Waals surface area contributed by atoms with Crippen molar-refractivity contribution in [3.8, 4) is 10.6 Å². The smallest absolute Gasteiger partial charge is 0.170 e. The van der Waals surface area contributed by atoms with Crippen molar-refractivity contribution in [3.63, 3.8) is 0 Å². The van der Waals surface area contributed by atoms with E-state index in [0.717, 1.165) is 22.5 Å². The summed E-state index contributed by atoms with van der Waals surface area (Å²) in [6.07, 6.45) is -3.61. The number of hydrogen-bond donors (Lipinski definition) is 1. The van der Waals surface area contributed by atoms with Gasteiger partial charge in [-0.25, -0.2) is 22.5 Å². The molecule has 4 nitrogen and oxygen atoms in total. The molecule has 3 aromatic rings. The van der Waals surface area contributed by atoms with E-state index in [4.69, 9.17) is 4.74 Å². The number of nitrogens with one attached hydrogen (secondary N) is 1. The zero-order valence-corrected chi connectivity index (χ0v) is 15.2. The average Bonchev–Trinajstić information content (AvgIpc) is 3.16. The van der Waals surface area contributed by atoms with Crippen molar-refractivity contribution in [2.45, 2.75) is 24.8 Å². The summed E-state index contributed by atoms with van der Waals surface area (Å²) in [5.74, 6) is -1.81. The number of halogens is 4. The summed E-state index contributed by atoms with van der Waals surface area (Å²) in [4.78, 5) is 6.15. The van der Waals surface area contributed by atoms with Gasteiger partial charge in [0.15, 0.2) is 24.1 Å². The highest BCUT2D eigenvalue weighted by Crippen LogP contribution is 2.35. The van der Waals surface area contributed by atoms with Gasteiger partial charge in [0.2, 0.25) is 0 Å². The highest BCUT2D eigenvalue weighted by atomic mass is 32.1. The van der Waals surface area contributed by atoms with Gasteiger partial charge in [-0.05, 0) is 36.4 Å². The molecule has 0 spiro atoms. The number of hydrogen-bond acceptors (Lipinski definition) is 5. The zero-order chi connectivity index (χ0) is 19.4. The molecule has 28 heavy (non-hydrogen) atoms. The maximum atomic E-state index is 13.5. The van der Waals surface area contributed by atoms with Crippen LogP contribution in [0.2, 0.25) is 0 Å². The van der Waals surface area contributed by atoms with E-state index in [2.05, 4.69) is 10.3 Å². The fourth-order valence-electron chi connectivity index (χ4n) is 3.38. The van der Waals surface area contributed by atoms with Gasteiger partial charge in [-0.1, -0.05) is 0 Å². The van der Waals surface area contributed by atoms with Crippen LogP contribution in [0.15, 0.2) is 36.4 Å². The quantitative estimate of drug-likeness (QED) is 0.515. The van der Waals surface area contributed by atoms with Gasteiger partial charge in [0.25, 0.3) is 0 Å². The van der Waals surface area contributed by atoms with Crippen molar-refractivity contribution in [1.29, 1.82) is 0 Å². The van der Waals surface area contributed by atoms with Gasteiger partial charge in [-0.2, -0.15) is 0 Å². The Hall–Kier alpha value is -2.23. The number of benzene rings is 2. The number of epoxide rings is 1. The van der Waals surface area contributed by atoms with Crippen molar-refractivity contribution in [3.05, 3.63) is 48.0 Å². The van der Waals surface area contributed by atoms with E-state index in [1.54, 1.807) is 4.90 Å². The molecule has 1 N–H and O–H groups in total. The number of nitrogens with zero attached hydrogens (tertiary/aromatic N) is 2. The van der Waals surface area contributed by atoms with Crippen LogP contribution >= 0.6 is 11.3 Å². The van der Waals surface area contributed by atoms with Crippen LogP contribution in [0.4, 0.5) is 23.2 Å². The number of alkyl halides is 2. The molecule has 1 aromatic heterocycles. The molecule has 5 rings (SSSR count). The minimum absolute atomic E-state index is 0.0344. The Morgan fingerprint density at radius 2 is 1.82 bits per heavy atom. The van der Waals surface area contributed by atoms with Crippen molar-refractivity contribution < 1.29 is 22.3 Å². The van der Waals surface area contributed by atoms with Crippen molar-refractivity contribution >= 4 is 27.2 Å². The summed E-state index contributed by atoms with van der Waals surface area (Å²) >= 11 is 1.38. The van der Waals surface area contributed by atoms with E-state index in [1.807, 2.05) is 18.2 Å². The molecule has 2 aliphatic heterocycles. The number of ether oxygens (including phenoxy) is 1. The van der Waals surface area contributed by atoms with Crippen LogP contribution in [-0.4, -0.2) is 47.8 Å². The lowest BCUT2D eigenvalue weighted by Gasteiger charge is -2.10. The van der Waals surface area contributed by atoms with Gasteiger partial charge in [0.05, 0.1) is 10.2 Å². The van der Waals surface area contributed by atoms with Crippen molar-refractivity contribution in [1.82, 2.24) is 9.88 Å². The fourth-order valence-corrected chi connectivity index (χ4v) is 4.32. The molecular formula is C19H15F4N3OS. The maximum Gasteiger partial charge on any atom is 0.170 e. The summed E-state index contributed by atoms with van der Waals surface area (Å²) in [7, 11) is 0. The summed E-state index contributed by atoms with van der Waals surface area (Å²) in [6, 6.07) is 9.26. The first-order chi connectivity index (χ1) is 13.5. The number of rotatable bonds is 4. The van der Waals surface area contributed by atoms with E-state index in [1.165, 1.54) is 17.4 Å². The Morgan fingerprint density at radius 1 is 1.04 bits per heavy atom. The number of fused-ring (bicyclic) bond motifs is 1. The lowest BCUT2D eigenvalue weighted by molar-refractivity contribution is 0.195. The molecule has 0 amide bonds. The van der Waals surface area contributed by atoms with Crippen LogP contribution in [0.25, 0.3) is 20.8 Å². The first-order valence-electron chi connectivity index (χ1n) is 8.78. The molecule has 9 heteroatoms. The molecule has 2 unspecified atom stereocenters. The third-order valence-electron chi connectivity index (χ3n) is 4.90. The Labute approximate surface area is 161 Å². The number of anilines is 1. The van der Waals surface area contributed by atoms with Crippen LogP contribution in [0.1, 0.15) is 0 Å². The number of likely N-dealkylation sites (tertiary alicyclic amines) is 1. The molecule has 2 aliphatic rings. The van der Waals surface area contributed by atoms with E-state index in [-0.39, 0.29) is 25.5 Å². The maximum absolute atomic E-state index is 13.5. The lowest BCUT2D eigenvalue weighted by atomic mass is 10.2. The molecule has 0 saturated carbocycles. The summed E-state index contributed by atoms with van der Waals surface area (Å²) in [5.41, 5.74) is 1.98. The summed E-state index contributed by atoms with van der Waals surface area (Å²) < 4.78 is 59.7. The average molecular weight is 409 g/mol. The van der Waals surface area contributed by atoms with Crippen LogP contribution in [-0.2, 0) is 4.74 Å². The highest BCUT2D eigenvalue weighted by Gasteiger charge is 2.49. The van der Waals surface area contributed by atoms with Crippen molar-refractivity contribution in [2.75, 3.05) is 18.4 Å². The van der Waals surface area contributed by atoms with Crippen LogP contribution in [0.5, 0.6) is 0 Å². The summed E-state index contributed by atoms with van der Waals surface area (Å²) in [6.45, 7) is 0.0689. The van der Waals surface area contributed by atoms with E-state index >= 15 is 0 Å². The van der Waals surface area contributed by atoms with Crippen LogP contribution < -0.4 is 5.32 Å². The molecule has 0 aliphatic carbocycles. The molecular weight excluding hydrogens is 394 g/mol. The number of aromatic nitrogens is 1. The second-order valence-electron chi connectivity index (χ2n) is 6.91. The van der Waals surface area contributed by atoms with Crippen LogP contribution in [0, 0.1) is 11.6 Å². The van der Waals surface area contributed by atoms with Gasteiger partial charge >= 0.3 is 0 Å². The first-order valence-corrected chi connectivity index (χ1v) is 9.60. The monoisotopic (exact) mass is 409 g/mol. The molecule has 3 heterocycles. The van der Waals surface area contributed by atoms with Gasteiger partial charge < -0.3 is 10.1 Å². The predicted molar refractivity (Wildman–Crippen MR) is 98.6 cm³/mol. The van der Waals surface area contributed by atoms with Crippen molar-refractivity contribution in [2.24, 2.45) is 0 Å². The lowest BCUT2D eigenvalue weighted by Crippen LogP contribution is -2.28. The van der Waals surface area contributed by atoms with Gasteiger partial charge in [-0.15, -0.1) is 11.3 Å². The van der Waals surface area contributed by atoms with E-state index < -0.39 is 24.0 Å². The second kappa shape index (κ2) is 6.68. The highest BCUT2D eigenvalue weighted by molar-refractivity contribution is 7.21. The molecule has 2 fully saturated rings.